The lowest BCUT2D eigenvalue weighted by atomic mass is 10.3. The van der Waals surface area contributed by atoms with Crippen LogP contribution in [-0.2, 0) is 4.79 Å². The maximum Gasteiger partial charge on any atom is 0.356 e. The van der Waals surface area contributed by atoms with Crippen molar-refractivity contribution in [2.24, 2.45) is 0 Å². The van der Waals surface area contributed by atoms with Gasteiger partial charge in [0.15, 0.2) is 10.8 Å². The van der Waals surface area contributed by atoms with E-state index in [9.17, 15) is 14.4 Å². The van der Waals surface area contributed by atoms with E-state index in [0.29, 0.717) is 0 Å². The first-order valence-corrected chi connectivity index (χ1v) is 6.58. The highest BCUT2D eigenvalue weighted by atomic mass is 32.1. The molecule has 2 rings (SSSR count). The fourth-order valence-electron chi connectivity index (χ4n) is 1.45. The number of anilines is 2. The predicted octanol–water partition coefficient (Wildman–Crippen LogP) is 1.45. The molecule has 0 fully saturated rings. The number of amides is 2. The minimum Gasteiger partial charge on any atom is -0.476 e. The quantitative estimate of drug-likeness (QED) is 0.786. The monoisotopic (exact) mass is 306 g/mol. The molecule has 0 atom stereocenters. The van der Waals surface area contributed by atoms with Crippen LogP contribution in [0.3, 0.4) is 0 Å². The van der Waals surface area contributed by atoms with E-state index in [1.807, 2.05) is 0 Å². The van der Waals surface area contributed by atoms with Gasteiger partial charge in [0.2, 0.25) is 5.91 Å². The molecular weight excluding hydrogens is 296 g/mol. The van der Waals surface area contributed by atoms with Crippen molar-refractivity contribution in [3.63, 3.8) is 0 Å². The van der Waals surface area contributed by atoms with Gasteiger partial charge in [0.05, 0.1) is 5.69 Å². The Kier molecular flexibility index (Phi) is 4.24. The van der Waals surface area contributed by atoms with E-state index in [4.69, 9.17) is 5.11 Å². The molecule has 0 aliphatic carbocycles. The van der Waals surface area contributed by atoms with Crippen LogP contribution in [0.15, 0.2) is 23.7 Å². The van der Waals surface area contributed by atoms with Crippen molar-refractivity contribution in [3.05, 3.63) is 35.1 Å². The highest BCUT2D eigenvalue weighted by Crippen LogP contribution is 2.18. The van der Waals surface area contributed by atoms with E-state index in [-0.39, 0.29) is 28.1 Å². The van der Waals surface area contributed by atoms with Crippen LogP contribution in [0.1, 0.15) is 27.9 Å². The van der Waals surface area contributed by atoms with Gasteiger partial charge in [-0.3, -0.25) is 9.59 Å². The second kappa shape index (κ2) is 6.09. The highest BCUT2D eigenvalue weighted by Gasteiger charge is 2.16. The van der Waals surface area contributed by atoms with Crippen molar-refractivity contribution < 1.29 is 19.5 Å². The Labute approximate surface area is 122 Å². The van der Waals surface area contributed by atoms with E-state index < -0.39 is 11.9 Å². The summed E-state index contributed by atoms with van der Waals surface area (Å²) in [5.41, 5.74) is -0.115. The molecule has 2 aromatic rings. The first-order chi connectivity index (χ1) is 9.97. The van der Waals surface area contributed by atoms with Gasteiger partial charge in [0.1, 0.15) is 5.69 Å². The number of hydrogen-bond donors (Lipinski definition) is 3. The minimum absolute atomic E-state index is 0.0731. The van der Waals surface area contributed by atoms with Crippen LogP contribution >= 0.6 is 11.3 Å². The summed E-state index contributed by atoms with van der Waals surface area (Å²) in [6.07, 6.45) is 1.32. The minimum atomic E-state index is -1.25. The molecule has 108 valence electrons. The van der Waals surface area contributed by atoms with Gasteiger partial charge in [-0.05, 0) is 12.1 Å². The topological polar surface area (TPSA) is 121 Å². The highest BCUT2D eigenvalue weighted by molar-refractivity contribution is 7.14. The number of aromatic carboxylic acids is 1. The van der Waals surface area contributed by atoms with Crippen molar-refractivity contribution in [2.45, 2.75) is 6.92 Å². The van der Waals surface area contributed by atoms with Gasteiger partial charge < -0.3 is 15.7 Å². The Morgan fingerprint density at radius 2 is 2.05 bits per heavy atom. The van der Waals surface area contributed by atoms with Gasteiger partial charge in [-0.15, -0.1) is 11.3 Å². The van der Waals surface area contributed by atoms with Crippen molar-refractivity contribution in [2.75, 3.05) is 10.6 Å². The fraction of sp³-hybridized carbons (Fsp3) is 0.0833. The van der Waals surface area contributed by atoms with Gasteiger partial charge in [-0.2, -0.15) is 0 Å². The molecule has 8 nitrogen and oxygen atoms in total. The SMILES string of the molecule is CC(=O)Nc1nc(C(=O)Nc2cccnc2C(=O)O)cs1. The fourth-order valence-corrected chi connectivity index (χ4v) is 2.19. The number of nitrogens with zero attached hydrogens (tertiary/aromatic N) is 2. The number of thiazole rings is 1. The summed E-state index contributed by atoms with van der Waals surface area (Å²) < 4.78 is 0. The number of carboxylic acid groups (broad SMARTS) is 1. The molecule has 2 amide bonds. The van der Waals surface area contributed by atoms with Gasteiger partial charge in [0, 0.05) is 18.5 Å². The number of carbonyl (C=O) groups is 3. The number of pyridine rings is 1. The summed E-state index contributed by atoms with van der Waals surface area (Å²) in [5, 5.41) is 15.6. The Hall–Kier alpha value is -2.81. The largest absolute Gasteiger partial charge is 0.476 e. The summed E-state index contributed by atoms with van der Waals surface area (Å²) >= 11 is 1.09. The molecule has 3 N–H and O–H groups in total. The van der Waals surface area contributed by atoms with Gasteiger partial charge in [0.25, 0.3) is 5.91 Å². The van der Waals surface area contributed by atoms with Crippen LogP contribution in [-0.4, -0.2) is 32.9 Å². The zero-order chi connectivity index (χ0) is 15.4. The molecule has 0 aliphatic rings. The lowest BCUT2D eigenvalue weighted by Crippen LogP contribution is -2.16. The van der Waals surface area contributed by atoms with Crippen molar-refractivity contribution in [3.8, 4) is 0 Å². The van der Waals surface area contributed by atoms with E-state index >= 15 is 0 Å². The number of carboxylic acids is 1. The van der Waals surface area contributed by atoms with Crippen molar-refractivity contribution in [1.82, 2.24) is 9.97 Å². The standard InChI is InChI=1S/C12H10N4O4S/c1-6(17)14-12-16-8(5-21-12)10(18)15-7-3-2-4-13-9(7)11(19)20/h2-5H,1H3,(H,15,18)(H,19,20)(H,14,16,17). The van der Waals surface area contributed by atoms with Crippen LogP contribution < -0.4 is 10.6 Å². The maximum absolute atomic E-state index is 12.0. The molecule has 0 unspecified atom stereocenters. The third-order valence-electron chi connectivity index (χ3n) is 2.28. The van der Waals surface area contributed by atoms with Gasteiger partial charge in [-0.25, -0.2) is 14.8 Å². The number of nitrogens with one attached hydrogen (secondary N) is 2. The molecule has 0 bridgehead atoms. The zero-order valence-corrected chi connectivity index (χ0v) is 11.6. The second-order valence-corrected chi connectivity index (χ2v) is 4.74. The molecule has 0 radical (unpaired) electrons. The molecular formula is C12H10N4O4S. The summed E-state index contributed by atoms with van der Waals surface area (Å²) in [6, 6.07) is 2.93. The number of carbonyl (C=O) groups excluding carboxylic acids is 2. The Balaban J connectivity index is 2.17. The molecule has 0 saturated carbocycles. The van der Waals surface area contributed by atoms with E-state index in [2.05, 4.69) is 20.6 Å². The molecule has 21 heavy (non-hydrogen) atoms. The third-order valence-corrected chi connectivity index (χ3v) is 3.04. The van der Waals surface area contributed by atoms with Gasteiger partial charge >= 0.3 is 5.97 Å². The Bertz CT molecular complexity index is 713. The van der Waals surface area contributed by atoms with Crippen LogP contribution in [0, 0.1) is 0 Å². The first-order valence-electron chi connectivity index (χ1n) is 5.70. The zero-order valence-electron chi connectivity index (χ0n) is 10.8. The van der Waals surface area contributed by atoms with Crippen molar-refractivity contribution >= 4 is 39.9 Å². The van der Waals surface area contributed by atoms with Crippen LogP contribution in [0.2, 0.25) is 0 Å². The second-order valence-electron chi connectivity index (χ2n) is 3.88. The number of hydrogen-bond acceptors (Lipinski definition) is 6. The molecule has 0 spiro atoms. The van der Waals surface area contributed by atoms with Crippen molar-refractivity contribution in [1.29, 1.82) is 0 Å². The normalized spacial score (nSPS) is 9.95. The smallest absolute Gasteiger partial charge is 0.356 e. The maximum atomic E-state index is 12.0. The molecule has 2 heterocycles. The summed E-state index contributed by atoms with van der Waals surface area (Å²) in [6.45, 7) is 1.33. The lowest BCUT2D eigenvalue weighted by molar-refractivity contribution is -0.114. The summed E-state index contributed by atoms with van der Waals surface area (Å²) in [7, 11) is 0. The average Bonchev–Trinajstić information content (AvgIpc) is 2.86. The Morgan fingerprint density at radius 1 is 1.29 bits per heavy atom. The van der Waals surface area contributed by atoms with Crippen LogP contribution in [0.5, 0.6) is 0 Å². The molecule has 0 aliphatic heterocycles. The van der Waals surface area contributed by atoms with Crippen LogP contribution in [0.4, 0.5) is 10.8 Å². The summed E-state index contributed by atoms with van der Waals surface area (Å²) in [5.74, 6) is -2.13. The first kappa shape index (κ1) is 14.6. The average molecular weight is 306 g/mol. The Morgan fingerprint density at radius 3 is 2.71 bits per heavy atom. The van der Waals surface area contributed by atoms with E-state index in [0.717, 1.165) is 11.3 Å². The molecule has 2 aromatic heterocycles. The summed E-state index contributed by atoms with van der Waals surface area (Å²) in [4.78, 5) is 41.5. The lowest BCUT2D eigenvalue weighted by Gasteiger charge is -2.05. The molecule has 0 aromatic carbocycles. The number of rotatable bonds is 4. The van der Waals surface area contributed by atoms with Crippen LogP contribution in [0.25, 0.3) is 0 Å². The third kappa shape index (κ3) is 3.60. The predicted molar refractivity (Wildman–Crippen MR) is 75.6 cm³/mol. The number of aromatic nitrogens is 2. The van der Waals surface area contributed by atoms with E-state index in [1.165, 1.54) is 30.6 Å². The molecule has 0 saturated heterocycles. The molecule has 9 heteroatoms. The van der Waals surface area contributed by atoms with E-state index in [1.54, 1.807) is 0 Å². The van der Waals surface area contributed by atoms with Gasteiger partial charge in [-0.1, -0.05) is 0 Å².